The van der Waals surface area contributed by atoms with Crippen molar-refractivity contribution < 1.29 is 14.8 Å². The minimum atomic E-state index is -0.580. The summed E-state index contributed by atoms with van der Waals surface area (Å²) < 4.78 is 5.02. The monoisotopic (exact) mass is 478 g/mol. The summed E-state index contributed by atoms with van der Waals surface area (Å²) >= 11 is 0. The molecule has 0 unspecified atom stereocenters. The molecule has 0 saturated heterocycles. The first-order valence-electron chi connectivity index (χ1n) is 11.2. The van der Waals surface area contributed by atoms with Crippen LogP contribution in [0, 0.1) is 10.1 Å². The maximum atomic E-state index is 11.2. The van der Waals surface area contributed by atoms with Gasteiger partial charge in [0.05, 0.1) is 24.3 Å². The van der Waals surface area contributed by atoms with Gasteiger partial charge in [-0.3, -0.25) is 10.1 Å². The van der Waals surface area contributed by atoms with Crippen LogP contribution in [0.1, 0.15) is 37.7 Å². The number of hydrazone groups is 1. The molecule has 182 valence electrons. The highest BCUT2D eigenvalue weighted by atomic mass is 16.6. The van der Waals surface area contributed by atoms with Gasteiger partial charge in [0.2, 0.25) is 17.8 Å². The van der Waals surface area contributed by atoms with Crippen LogP contribution in [-0.2, 0) is 0 Å². The highest BCUT2D eigenvalue weighted by Crippen LogP contribution is 2.33. The van der Waals surface area contributed by atoms with Gasteiger partial charge >= 0.3 is 0 Å². The summed E-state index contributed by atoms with van der Waals surface area (Å²) in [5.41, 5.74) is 3.38. The van der Waals surface area contributed by atoms with E-state index in [1.54, 1.807) is 0 Å². The van der Waals surface area contributed by atoms with Crippen LogP contribution in [0.2, 0.25) is 0 Å². The molecule has 3 aromatic rings. The summed E-state index contributed by atoms with van der Waals surface area (Å²) in [5, 5.41) is 32.1. The molecule has 1 heterocycles. The minimum Gasteiger partial charge on any atom is -0.504 e. The molecule has 1 aliphatic carbocycles. The summed E-state index contributed by atoms with van der Waals surface area (Å²) in [6.45, 7) is 0. The third-order valence-corrected chi connectivity index (χ3v) is 5.49. The lowest BCUT2D eigenvalue weighted by molar-refractivity contribution is -0.385. The number of nitrogens with one attached hydrogen (secondary N) is 3. The number of aromatic hydroxyl groups is 1. The van der Waals surface area contributed by atoms with E-state index in [2.05, 4.69) is 36.1 Å². The number of hydrogen-bond donors (Lipinski definition) is 4. The fourth-order valence-electron chi connectivity index (χ4n) is 3.76. The van der Waals surface area contributed by atoms with Crippen LogP contribution >= 0.6 is 0 Å². The van der Waals surface area contributed by atoms with Gasteiger partial charge in [-0.25, -0.2) is 5.43 Å². The topological polar surface area (TPSA) is 160 Å². The van der Waals surface area contributed by atoms with Gasteiger partial charge < -0.3 is 20.5 Å². The van der Waals surface area contributed by atoms with E-state index in [0.29, 0.717) is 11.9 Å². The van der Waals surface area contributed by atoms with Gasteiger partial charge in [0, 0.05) is 23.4 Å². The van der Waals surface area contributed by atoms with Gasteiger partial charge in [-0.2, -0.15) is 20.1 Å². The van der Waals surface area contributed by atoms with Gasteiger partial charge in [-0.05, 0) is 25.0 Å². The third-order valence-electron chi connectivity index (χ3n) is 5.49. The maximum absolute atomic E-state index is 11.2. The molecule has 0 bridgehead atoms. The number of non-ortho nitro benzene ring substituents is 1. The van der Waals surface area contributed by atoms with Crippen molar-refractivity contribution in [3.05, 3.63) is 58.1 Å². The molecule has 1 aromatic heterocycles. The Bertz CT molecular complexity index is 1200. The smallest absolute Gasteiger partial charge is 0.274 e. The molecular weight excluding hydrogens is 452 g/mol. The molecule has 2 aromatic carbocycles. The lowest BCUT2D eigenvalue weighted by Gasteiger charge is -2.22. The molecule has 35 heavy (non-hydrogen) atoms. The first-order chi connectivity index (χ1) is 17.0. The summed E-state index contributed by atoms with van der Waals surface area (Å²) in [6.07, 6.45) is 6.86. The Labute approximate surface area is 201 Å². The molecule has 1 aliphatic rings. The Hall–Kier alpha value is -4.48. The number of hydrogen-bond acceptors (Lipinski definition) is 11. The second-order valence-corrected chi connectivity index (χ2v) is 7.99. The highest BCUT2D eigenvalue weighted by Gasteiger charge is 2.17. The van der Waals surface area contributed by atoms with Crippen molar-refractivity contribution in [1.29, 1.82) is 0 Å². The maximum Gasteiger partial charge on any atom is 0.274 e. The van der Waals surface area contributed by atoms with E-state index in [-0.39, 0.29) is 34.7 Å². The van der Waals surface area contributed by atoms with Crippen molar-refractivity contribution >= 4 is 35.4 Å². The van der Waals surface area contributed by atoms with E-state index < -0.39 is 4.92 Å². The average Bonchev–Trinajstić information content (AvgIpc) is 2.86. The van der Waals surface area contributed by atoms with Crippen molar-refractivity contribution in [3.63, 3.8) is 0 Å². The van der Waals surface area contributed by atoms with Crippen LogP contribution in [0.25, 0.3) is 0 Å². The van der Waals surface area contributed by atoms with E-state index in [1.807, 2.05) is 30.3 Å². The zero-order valence-corrected chi connectivity index (χ0v) is 19.1. The van der Waals surface area contributed by atoms with E-state index in [9.17, 15) is 15.2 Å². The second-order valence-electron chi connectivity index (χ2n) is 7.99. The van der Waals surface area contributed by atoms with E-state index in [0.717, 1.165) is 37.4 Å². The van der Waals surface area contributed by atoms with Gasteiger partial charge in [-0.15, -0.1) is 0 Å². The number of para-hydroxylation sites is 1. The molecule has 0 atom stereocenters. The first kappa shape index (κ1) is 23.7. The molecule has 12 heteroatoms. The fraction of sp³-hybridized carbons (Fsp3) is 0.304. The van der Waals surface area contributed by atoms with Crippen molar-refractivity contribution in [2.24, 2.45) is 5.10 Å². The zero-order chi connectivity index (χ0) is 24.6. The predicted octanol–water partition coefficient (Wildman–Crippen LogP) is 4.43. The lowest BCUT2D eigenvalue weighted by atomic mass is 9.96. The van der Waals surface area contributed by atoms with Gasteiger partial charge in [0.15, 0.2) is 11.5 Å². The summed E-state index contributed by atoms with van der Waals surface area (Å²) in [4.78, 5) is 23.9. The van der Waals surface area contributed by atoms with Gasteiger partial charge in [-0.1, -0.05) is 37.5 Å². The van der Waals surface area contributed by atoms with E-state index in [4.69, 9.17) is 4.74 Å². The van der Waals surface area contributed by atoms with Crippen molar-refractivity contribution in [3.8, 4) is 11.5 Å². The SMILES string of the molecule is COc1cc([N+](=O)[O-])cc(/C=N/Nc2nc(Nc3ccccc3)nc(NC3CCCCC3)n2)c1O. The average molecular weight is 479 g/mol. The molecular formula is C23H26N8O4. The van der Waals surface area contributed by atoms with Crippen molar-refractivity contribution in [2.45, 2.75) is 38.1 Å². The van der Waals surface area contributed by atoms with Crippen LogP contribution in [0.3, 0.4) is 0 Å². The Balaban J connectivity index is 1.57. The van der Waals surface area contributed by atoms with Crippen LogP contribution < -0.4 is 20.8 Å². The zero-order valence-electron chi connectivity index (χ0n) is 19.1. The number of nitrogens with zero attached hydrogens (tertiary/aromatic N) is 5. The quantitative estimate of drug-likeness (QED) is 0.197. The molecule has 0 spiro atoms. The van der Waals surface area contributed by atoms with Crippen molar-refractivity contribution in [2.75, 3.05) is 23.2 Å². The number of methoxy groups -OCH3 is 1. The Morgan fingerprint density at radius 1 is 1.09 bits per heavy atom. The van der Waals surface area contributed by atoms with Crippen LogP contribution in [0.5, 0.6) is 11.5 Å². The number of phenolic OH excluding ortho intramolecular Hbond substituents is 1. The standard InChI is InChI=1S/C23H26N8O4/c1-35-19-13-18(31(33)34)12-15(20(19)32)14-24-30-23-28-21(25-16-8-4-2-5-9-16)27-22(29-23)26-17-10-6-3-7-11-17/h2,4-5,8-9,12-14,17,32H,3,6-7,10-11H2,1H3,(H3,25,26,27,28,29,30)/b24-14+. The molecule has 1 saturated carbocycles. The third kappa shape index (κ3) is 6.31. The van der Waals surface area contributed by atoms with Crippen LogP contribution in [-0.4, -0.2) is 44.3 Å². The van der Waals surface area contributed by atoms with Gasteiger partial charge in [0.25, 0.3) is 5.69 Å². The molecule has 0 radical (unpaired) electrons. The summed E-state index contributed by atoms with van der Waals surface area (Å²) in [5.74, 6) is 0.578. The number of aromatic nitrogens is 3. The number of ether oxygens (including phenoxy) is 1. The number of rotatable bonds is 9. The number of phenols is 1. The molecule has 4 N–H and O–H groups in total. The minimum absolute atomic E-state index is 0.0332. The fourth-order valence-corrected chi connectivity index (χ4v) is 3.76. The summed E-state index contributed by atoms with van der Waals surface area (Å²) in [6, 6.07) is 12.1. The molecule has 1 fully saturated rings. The van der Waals surface area contributed by atoms with Crippen LogP contribution in [0.4, 0.5) is 29.2 Å². The van der Waals surface area contributed by atoms with Crippen molar-refractivity contribution in [1.82, 2.24) is 15.0 Å². The van der Waals surface area contributed by atoms with Gasteiger partial charge in [0.1, 0.15) is 0 Å². The lowest BCUT2D eigenvalue weighted by Crippen LogP contribution is -2.24. The normalized spacial score (nSPS) is 14.0. The number of nitro groups is 1. The molecule has 12 nitrogen and oxygen atoms in total. The van der Waals surface area contributed by atoms with E-state index >= 15 is 0 Å². The number of benzene rings is 2. The summed E-state index contributed by atoms with van der Waals surface area (Å²) in [7, 11) is 1.31. The largest absolute Gasteiger partial charge is 0.504 e. The Morgan fingerprint density at radius 2 is 1.80 bits per heavy atom. The Morgan fingerprint density at radius 3 is 2.51 bits per heavy atom. The van der Waals surface area contributed by atoms with E-state index in [1.165, 1.54) is 25.8 Å². The molecule has 0 amide bonds. The number of anilines is 4. The second kappa shape index (κ2) is 11.1. The Kier molecular flexibility index (Phi) is 7.50. The van der Waals surface area contributed by atoms with Crippen LogP contribution in [0.15, 0.2) is 47.6 Å². The molecule has 4 rings (SSSR count). The molecule has 0 aliphatic heterocycles. The predicted molar refractivity (Wildman–Crippen MR) is 133 cm³/mol. The highest BCUT2D eigenvalue weighted by molar-refractivity contribution is 5.86. The number of nitro benzene ring substituents is 1. The first-order valence-corrected chi connectivity index (χ1v) is 11.2.